The van der Waals surface area contributed by atoms with E-state index >= 15 is 0 Å². The summed E-state index contributed by atoms with van der Waals surface area (Å²) in [6, 6.07) is 15.9. The van der Waals surface area contributed by atoms with Crippen molar-refractivity contribution in [3.8, 4) is 11.5 Å². The van der Waals surface area contributed by atoms with Crippen LogP contribution in [0.4, 0.5) is 5.69 Å². The molecule has 166 valence electrons. The van der Waals surface area contributed by atoms with Crippen molar-refractivity contribution in [1.82, 2.24) is 0 Å². The van der Waals surface area contributed by atoms with E-state index in [9.17, 15) is 0 Å². The second-order valence-electron chi connectivity index (χ2n) is 8.03. The molecule has 2 aromatic carbocycles. The third kappa shape index (κ3) is 8.22. The molecular formula is C27H35NO3. The van der Waals surface area contributed by atoms with Crippen LogP contribution in [0.15, 0.2) is 65.2 Å². The van der Waals surface area contributed by atoms with Crippen LogP contribution < -0.4 is 9.47 Å². The minimum atomic E-state index is -0.00458. The summed E-state index contributed by atoms with van der Waals surface area (Å²) in [4.78, 5) is 4.56. The Balaban J connectivity index is 1.41. The van der Waals surface area contributed by atoms with Gasteiger partial charge in [-0.25, -0.2) is 0 Å². The topological polar surface area (TPSA) is 40.0 Å². The molecule has 4 heteroatoms. The molecule has 0 aromatic heterocycles. The van der Waals surface area contributed by atoms with Gasteiger partial charge in [-0.05, 0) is 73.0 Å². The Morgan fingerprint density at radius 2 is 1.65 bits per heavy atom. The number of hydrogen-bond donors (Lipinski definition) is 0. The first-order chi connectivity index (χ1) is 15.2. The van der Waals surface area contributed by atoms with Crippen molar-refractivity contribution in [1.29, 1.82) is 0 Å². The van der Waals surface area contributed by atoms with Gasteiger partial charge < -0.3 is 14.2 Å². The van der Waals surface area contributed by atoms with Gasteiger partial charge in [0.2, 0.25) is 0 Å². The molecule has 0 fully saturated rings. The molecular weight excluding hydrogens is 386 g/mol. The van der Waals surface area contributed by atoms with Crippen LogP contribution >= 0.6 is 0 Å². The fourth-order valence-corrected chi connectivity index (χ4v) is 3.40. The number of unbranched alkanes of at least 4 members (excludes halogenated alkanes) is 5. The maximum Gasteiger partial charge on any atom is 0.143 e. The molecule has 1 heterocycles. The lowest BCUT2D eigenvalue weighted by Crippen LogP contribution is -2.28. The Kier molecular flexibility index (Phi) is 9.65. The maximum absolute atomic E-state index is 6.01. The Hall–Kier alpha value is -2.59. The van der Waals surface area contributed by atoms with Gasteiger partial charge in [0, 0.05) is 6.21 Å². The highest BCUT2D eigenvalue weighted by molar-refractivity contribution is 5.82. The minimum absolute atomic E-state index is 0.00458. The summed E-state index contributed by atoms with van der Waals surface area (Å²) < 4.78 is 17.3. The van der Waals surface area contributed by atoms with Crippen LogP contribution in [0.25, 0.3) is 0 Å². The first kappa shape index (κ1) is 23.1. The predicted molar refractivity (Wildman–Crippen MR) is 128 cm³/mol. The summed E-state index contributed by atoms with van der Waals surface area (Å²) in [7, 11) is 0. The molecule has 0 N–H and O–H groups in total. The molecule has 0 radical (unpaired) electrons. The third-order valence-corrected chi connectivity index (χ3v) is 5.42. The van der Waals surface area contributed by atoms with Crippen LogP contribution in [0.5, 0.6) is 11.5 Å². The number of aliphatic imine (C=N–C) groups is 1. The number of hydrogen-bond acceptors (Lipinski definition) is 4. The van der Waals surface area contributed by atoms with Crippen LogP contribution in [0.3, 0.4) is 0 Å². The molecule has 1 atom stereocenters. The monoisotopic (exact) mass is 421 g/mol. The van der Waals surface area contributed by atoms with Crippen LogP contribution in [0.1, 0.15) is 57.9 Å². The predicted octanol–water partition coefficient (Wildman–Crippen LogP) is 6.90. The number of rotatable bonds is 12. The van der Waals surface area contributed by atoms with Crippen molar-refractivity contribution in [2.75, 3.05) is 19.8 Å². The van der Waals surface area contributed by atoms with Crippen molar-refractivity contribution < 1.29 is 14.2 Å². The van der Waals surface area contributed by atoms with Gasteiger partial charge in [-0.2, -0.15) is 0 Å². The van der Waals surface area contributed by atoms with Gasteiger partial charge in [-0.1, -0.05) is 45.1 Å². The molecule has 4 nitrogen and oxygen atoms in total. The van der Waals surface area contributed by atoms with Crippen molar-refractivity contribution in [3.05, 3.63) is 65.7 Å². The Morgan fingerprint density at radius 1 is 0.935 bits per heavy atom. The first-order valence-electron chi connectivity index (χ1n) is 11.5. The Bertz CT molecular complexity index is 825. The minimum Gasteiger partial charge on any atom is -0.494 e. The highest BCUT2D eigenvalue weighted by atomic mass is 16.5. The molecule has 1 aliphatic rings. The van der Waals surface area contributed by atoms with Crippen LogP contribution in [0, 0.1) is 0 Å². The zero-order valence-electron chi connectivity index (χ0n) is 18.9. The van der Waals surface area contributed by atoms with E-state index in [-0.39, 0.29) is 6.10 Å². The van der Waals surface area contributed by atoms with E-state index in [2.05, 4.69) is 24.9 Å². The van der Waals surface area contributed by atoms with Crippen molar-refractivity contribution in [3.63, 3.8) is 0 Å². The molecule has 2 aromatic rings. The number of nitrogens with zero attached hydrogens (tertiary/aromatic N) is 1. The standard InChI is InChI=1S/C27H35NO3/c1-3-4-5-6-7-8-18-30-25-15-11-24(12-16-25)28-20-23-9-13-26(14-10-23)31-27-21-29-19-17-22(27)2/h9-17,20,27H,3-8,18-19,21H2,1-2H3/t27-/m1/s1. The van der Waals surface area contributed by atoms with Crippen molar-refractivity contribution >= 4 is 11.9 Å². The molecule has 0 aliphatic carbocycles. The summed E-state index contributed by atoms with van der Waals surface area (Å²) in [6.07, 6.45) is 11.6. The normalized spacial score (nSPS) is 16.3. The third-order valence-electron chi connectivity index (χ3n) is 5.42. The molecule has 0 spiro atoms. The summed E-state index contributed by atoms with van der Waals surface area (Å²) in [5.41, 5.74) is 3.16. The van der Waals surface area contributed by atoms with Gasteiger partial charge in [0.1, 0.15) is 17.6 Å². The average Bonchev–Trinajstić information content (AvgIpc) is 2.80. The lowest BCUT2D eigenvalue weighted by molar-refractivity contribution is 0.0681. The van der Waals surface area contributed by atoms with E-state index in [0.717, 1.165) is 35.8 Å². The summed E-state index contributed by atoms with van der Waals surface area (Å²) in [5, 5.41) is 0. The zero-order valence-corrected chi connectivity index (χ0v) is 18.9. The zero-order chi connectivity index (χ0) is 21.7. The van der Waals surface area contributed by atoms with E-state index in [0.29, 0.717) is 13.2 Å². The molecule has 0 bridgehead atoms. The van der Waals surface area contributed by atoms with Crippen LogP contribution in [-0.2, 0) is 4.74 Å². The second-order valence-corrected chi connectivity index (χ2v) is 8.03. The van der Waals surface area contributed by atoms with Gasteiger partial charge >= 0.3 is 0 Å². The van der Waals surface area contributed by atoms with Gasteiger partial charge in [-0.3, -0.25) is 4.99 Å². The molecule has 1 aliphatic heterocycles. The summed E-state index contributed by atoms with van der Waals surface area (Å²) in [6.45, 7) is 6.39. The lowest BCUT2D eigenvalue weighted by atomic mass is 10.1. The summed E-state index contributed by atoms with van der Waals surface area (Å²) in [5.74, 6) is 1.75. The lowest BCUT2D eigenvalue weighted by Gasteiger charge is -2.23. The highest BCUT2D eigenvalue weighted by Gasteiger charge is 2.16. The molecule has 0 saturated heterocycles. The molecule has 0 amide bonds. The molecule has 0 unspecified atom stereocenters. The Morgan fingerprint density at radius 3 is 2.39 bits per heavy atom. The first-order valence-corrected chi connectivity index (χ1v) is 11.5. The van der Waals surface area contributed by atoms with E-state index in [1.54, 1.807) is 0 Å². The van der Waals surface area contributed by atoms with Crippen LogP contribution in [0.2, 0.25) is 0 Å². The largest absolute Gasteiger partial charge is 0.494 e. The van der Waals surface area contributed by atoms with Crippen LogP contribution in [-0.4, -0.2) is 32.1 Å². The van der Waals surface area contributed by atoms with Gasteiger partial charge in [0.15, 0.2) is 0 Å². The second kappa shape index (κ2) is 13.0. The highest BCUT2D eigenvalue weighted by Crippen LogP contribution is 2.21. The van der Waals surface area contributed by atoms with E-state index in [4.69, 9.17) is 14.2 Å². The van der Waals surface area contributed by atoms with E-state index < -0.39 is 0 Å². The van der Waals surface area contributed by atoms with Gasteiger partial charge in [0.25, 0.3) is 0 Å². The van der Waals surface area contributed by atoms with Crippen molar-refractivity contribution in [2.45, 2.75) is 58.5 Å². The molecule has 3 rings (SSSR count). The van der Waals surface area contributed by atoms with Gasteiger partial charge in [0.05, 0.1) is 25.5 Å². The van der Waals surface area contributed by atoms with Gasteiger partial charge in [-0.15, -0.1) is 0 Å². The maximum atomic E-state index is 6.01. The molecule has 31 heavy (non-hydrogen) atoms. The average molecular weight is 422 g/mol. The molecule has 0 saturated carbocycles. The quantitative estimate of drug-likeness (QED) is 0.213. The SMILES string of the molecule is CCCCCCCCOc1ccc(N=Cc2ccc(O[C@@H]3COCC=C3C)cc2)cc1. The fourth-order valence-electron chi connectivity index (χ4n) is 3.40. The number of benzene rings is 2. The fraction of sp³-hybridized carbons (Fsp3) is 0.444. The number of ether oxygens (including phenoxy) is 3. The summed E-state index contributed by atoms with van der Waals surface area (Å²) >= 11 is 0. The van der Waals surface area contributed by atoms with E-state index in [1.807, 2.05) is 54.7 Å². The Labute approximate surface area is 187 Å². The van der Waals surface area contributed by atoms with E-state index in [1.165, 1.54) is 37.7 Å². The van der Waals surface area contributed by atoms with Crippen molar-refractivity contribution in [2.24, 2.45) is 4.99 Å². The smallest absolute Gasteiger partial charge is 0.143 e.